The molecule has 0 unspecified atom stereocenters. The Morgan fingerprint density at radius 1 is 1.05 bits per heavy atom. The maximum atomic E-state index is 12.9. The van der Waals surface area contributed by atoms with E-state index in [-0.39, 0.29) is 4.90 Å². The number of nitrogens with zero attached hydrogens (tertiary/aromatic N) is 1. The van der Waals surface area contributed by atoms with Crippen LogP contribution in [0, 0.1) is 6.92 Å². The summed E-state index contributed by atoms with van der Waals surface area (Å²) in [5, 5.41) is 0. The maximum Gasteiger partial charge on any atom is 0.269 e. The van der Waals surface area contributed by atoms with Crippen molar-refractivity contribution in [3.63, 3.8) is 0 Å². The highest BCUT2D eigenvalue weighted by atomic mass is 79.9. The summed E-state index contributed by atoms with van der Waals surface area (Å²) in [5.41, 5.74) is 1.48. The van der Waals surface area contributed by atoms with Gasteiger partial charge in [0, 0.05) is 0 Å². The van der Waals surface area contributed by atoms with Crippen LogP contribution in [-0.4, -0.2) is 8.42 Å². The highest BCUT2D eigenvalue weighted by Gasteiger charge is 2.32. The highest BCUT2D eigenvalue weighted by Crippen LogP contribution is 2.40. The Hall–Kier alpha value is -1.79. The molecule has 3 rings (SSSR count). The smallest absolute Gasteiger partial charge is 0.269 e. The van der Waals surface area contributed by atoms with Crippen LogP contribution in [0.25, 0.3) is 0 Å². The predicted octanol–water partition coefficient (Wildman–Crippen LogP) is 3.78. The molecular formula is C15H12BrNO3S. The first-order chi connectivity index (χ1) is 10.00. The van der Waals surface area contributed by atoms with E-state index in [0.717, 1.165) is 5.56 Å². The largest absolute Gasteiger partial charge is 0.460 e. The fourth-order valence-corrected chi connectivity index (χ4v) is 4.29. The van der Waals surface area contributed by atoms with Gasteiger partial charge in [0.15, 0.2) is 5.75 Å². The van der Waals surface area contributed by atoms with Crippen LogP contribution < -0.4 is 9.04 Å². The molecule has 0 amide bonds. The van der Waals surface area contributed by atoms with Gasteiger partial charge in [0.2, 0.25) is 0 Å². The molecule has 2 aromatic carbocycles. The summed E-state index contributed by atoms with van der Waals surface area (Å²) in [6.07, 6.45) is 1.37. The van der Waals surface area contributed by atoms with Crippen molar-refractivity contribution in [1.82, 2.24) is 0 Å². The van der Waals surface area contributed by atoms with Gasteiger partial charge in [-0.3, -0.25) is 0 Å². The zero-order valence-corrected chi connectivity index (χ0v) is 13.6. The van der Waals surface area contributed by atoms with Gasteiger partial charge >= 0.3 is 0 Å². The lowest BCUT2D eigenvalue weighted by Gasteiger charge is -2.28. The Balaban J connectivity index is 2.15. The average molecular weight is 366 g/mol. The molecule has 2 aromatic rings. The van der Waals surface area contributed by atoms with Crippen molar-refractivity contribution in [3.05, 3.63) is 65.0 Å². The Kier molecular flexibility index (Phi) is 3.51. The van der Waals surface area contributed by atoms with Crippen molar-refractivity contribution >= 4 is 31.6 Å². The Morgan fingerprint density at radius 3 is 2.43 bits per heavy atom. The van der Waals surface area contributed by atoms with E-state index in [0.29, 0.717) is 16.0 Å². The van der Waals surface area contributed by atoms with Gasteiger partial charge < -0.3 is 4.74 Å². The van der Waals surface area contributed by atoms with Gasteiger partial charge in [0.25, 0.3) is 10.0 Å². The summed E-state index contributed by atoms with van der Waals surface area (Å²) in [6.45, 7) is 1.91. The molecule has 21 heavy (non-hydrogen) atoms. The second-order valence-electron chi connectivity index (χ2n) is 4.61. The van der Waals surface area contributed by atoms with Crippen molar-refractivity contribution in [3.8, 4) is 5.75 Å². The maximum absolute atomic E-state index is 12.9. The van der Waals surface area contributed by atoms with Crippen molar-refractivity contribution < 1.29 is 13.2 Å². The third-order valence-corrected chi connectivity index (χ3v) is 5.64. The minimum Gasteiger partial charge on any atom is -0.460 e. The van der Waals surface area contributed by atoms with Crippen LogP contribution in [0.5, 0.6) is 5.75 Å². The average Bonchev–Trinajstić information content (AvgIpc) is 2.47. The summed E-state index contributed by atoms with van der Waals surface area (Å²) in [7, 11) is -3.70. The fourth-order valence-electron chi connectivity index (χ4n) is 2.06. The third kappa shape index (κ3) is 2.45. The number of para-hydroxylation sites is 2. The summed E-state index contributed by atoms with van der Waals surface area (Å²) in [5.74, 6) is 0.497. The molecular weight excluding hydrogens is 354 g/mol. The van der Waals surface area contributed by atoms with E-state index in [1.54, 1.807) is 48.5 Å². The van der Waals surface area contributed by atoms with E-state index in [9.17, 15) is 8.42 Å². The number of benzene rings is 2. The number of fused-ring (bicyclic) bond motifs is 1. The molecule has 1 aliphatic rings. The van der Waals surface area contributed by atoms with Gasteiger partial charge in [-0.25, -0.2) is 12.7 Å². The van der Waals surface area contributed by atoms with E-state index in [4.69, 9.17) is 4.74 Å². The molecule has 1 aliphatic heterocycles. The van der Waals surface area contributed by atoms with Gasteiger partial charge in [-0.1, -0.05) is 29.8 Å². The molecule has 1 heterocycles. The minimum atomic E-state index is -3.70. The monoisotopic (exact) mass is 365 g/mol. The van der Waals surface area contributed by atoms with Gasteiger partial charge in [-0.15, -0.1) is 0 Å². The molecule has 0 bridgehead atoms. The van der Waals surface area contributed by atoms with E-state index in [1.807, 2.05) is 6.92 Å². The van der Waals surface area contributed by atoms with Crippen molar-refractivity contribution in [2.24, 2.45) is 0 Å². The second-order valence-corrected chi connectivity index (χ2v) is 7.21. The highest BCUT2D eigenvalue weighted by molar-refractivity contribution is 9.12. The first-order valence-corrected chi connectivity index (χ1v) is 8.47. The lowest BCUT2D eigenvalue weighted by molar-refractivity contribution is 0.471. The van der Waals surface area contributed by atoms with Gasteiger partial charge in [0.05, 0.1) is 4.90 Å². The topological polar surface area (TPSA) is 46.6 Å². The second kappa shape index (κ2) is 5.20. The molecule has 0 spiro atoms. The lowest BCUT2D eigenvalue weighted by atomic mass is 10.2. The molecule has 4 nitrogen and oxygen atoms in total. The molecule has 6 heteroatoms. The number of ether oxygens (including phenoxy) is 1. The van der Waals surface area contributed by atoms with Gasteiger partial charge in [-0.05, 0) is 47.1 Å². The fraction of sp³-hybridized carbons (Fsp3) is 0.0667. The van der Waals surface area contributed by atoms with E-state index < -0.39 is 10.0 Å². The quantitative estimate of drug-likeness (QED) is 0.760. The number of anilines is 1. The zero-order chi connectivity index (χ0) is 15.0. The molecule has 0 saturated heterocycles. The van der Waals surface area contributed by atoms with Crippen LogP contribution in [0.3, 0.4) is 0 Å². The Bertz CT molecular complexity index is 813. The Labute approximate surface area is 131 Å². The van der Waals surface area contributed by atoms with Crippen LogP contribution in [0.2, 0.25) is 0 Å². The van der Waals surface area contributed by atoms with Crippen LogP contribution in [0.15, 0.2) is 64.3 Å². The first-order valence-electron chi connectivity index (χ1n) is 6.23. The normalized spacial score (nSPS) is 14.2. The number of sulfonamides is 1. The minimum absolute atomic E-state index is 0.232. The SMILES string of the molecule is Cc1ccc(S(=O)(=O)N2C(Br)=COc3ccccc32)cc1. The van der Waals surface area contributed by atoms with E-state index >= 15 is 0 Å². The zero-order valence-electron chi connectivity index (χ0n) is 11.2. The number of hydrogen-bond donors (Lipinski definition) is 0. The molecule has 0 saturated carbocycles. The molecule has 0 N–H and O–H groups in total. The Morgan fingerprint density at radius 2 is 1.71 bits per heavy atom. The van der Waals surface area contributed by atoms with E-state index in [1.165, 1.54) is 10.6 Å². The summed E-state index contributed by atoms with van der Waals surface area (Å²) >= 11 is 3.26. The molecule has 0 fully saturated rings. The number of rotatable bonds is 2. The van der Waals surface area contributed by atoms with Gasteiger partial charge in [-0.2, -0.15) is 0 Å². The molecule has 108 valence electrons. The molecule has 0 aliphatic carbocycles. The molecule has 0 aromatic heterocycles. The lowest BCUT2D eigenvalue weighted by Crippen LogP contribution is -2.30. The van der Waals surface area contributed by atoms with Crippen molar-refractivity contribution in [2.75, 3.05) is 4.31 Å². The van der Waals surface area contributed by atoms with E-state index in [2.05, 4.69) is 15.9 Å². The number of halogens is 1. The van der Waals surface area contributed by atoms with Crippen molar-refractivity contribution in [1.29, 1.82) is 0 Å². The molecule has 0 radical (unpaired) electrons. The van der Waals surface area contributed by atoms with Crippen LogP contribution in [0.1, 0.15) is 5.56 Å². The van der Waals surface area contributed by atoms with Crippen molar-refractivity contribution in [2.45, 2.75) is 11.8 Å². The summed E-state index contributed by atoms with van der Waals surface area (Å²) in [6, 6.07) is 13.7. The molecule has 0 atom stereocenters. The van der Waals surface area contributed by atoms with Crippen LogP contribution in [-0.2, 0) is 10.0 Å². The standard InChI is InChI=1S/C15H12BrNO3S/c1-11-6-8-12(9-7-11)21(18,19)17-13-4-2-3-5-14(13)20-10-15(17)16/h2-10H,1H3. The summed E-state index contributed by atoms with van der Waals surface area (Å²) in [4.78, 5) is 0.232. The number of hydrogen-bond acceptors (Lipinski definition) is 3. The van der Waals surface area contributed by atoms with Crippen LogP contribution in [0.4, 0.5) is 5.69 Å². The summed E-state index contributed by atoms with van der Waals surface area (Å²) < 4.78 is 32.7. The predicted molar refractivity (Wildman–Crippen MR) is 84.9 cm³/mol. The van der Waals surface area contributed by atoms with Crippen LogP contribution >= 0.6 is 15.9 Å². The first kappa shape index (κ1) is 14.2. The number of aryl methyl sites for hydroxylation is 1. The third-order valence-electron chi connectivity index (χ3n) is 3.12. The van der Waals surface area contributed by atoms with Gasteiger partial charge in [0.1, 0.15) is 16.6 Å².